The SMILES string of the molecule is Cc1cnc(C(C)NCc2cccc(F)c2O)o1. The number of hydrogen-bond donors (Lipinski definition) is 2. The Morgan fingerprint density at radius 3 is 2.94 bits per heavy atom. The molecule has 1 heterocycles. The molecule has 2 aromatic rings. The summed E-state index contributed by atoms with van der Waals surface area (Å²) >= 11 is 0. The Hall–Kier alpha value is -1.88. The monoisotopic (exact) mass is 250 g/mol. The summed E-state index contributed by atoms with van der Waals surface area (Å²) < 4.78 is 18.5. The van der Waals surface area contributed by atoms with E-state index in [2.05, 4.69) is 10.3 Å². The Bertz CT molecular complexity index is 540. The summed E-state index contributed by atoms with van der Waals surface area (Å²) in [5.41, 5.74) is 0.505. The van der Waals surface area contributed by atoms with Crippen LogP contribution in [0, 0.1) is 12.7 Å². The topological polar surface area (TPSA) is 58.3 Å². The number of phenolic OH excluding ortho intramolecular Hbond substituents is 1. The Morgan fingerprint density at radius 2 is 2.28 bits per heavy atom. The number of phenols is 1. The number of oxazole rings is 1. The van der Waals surface area contributed by atoms with E-state index in [1.807, 2.05) is 13.8 Å². The van der Waals surface area contributed by atoms with Gasteiger partial charge in [0, 0.05) is 12.1 Å². The lowest BCUT2D eigenvalue weighted by Crippen LogP contribution is -2.18. The van der Waals surface area contributed by atoms with E-state index < -0.39 is 5.82 Å². The van der Waals surface area contributed by atoms with Gasteiger partial charge in [-0.3, -0.25) is 0 Å². The summed E-state index contributed by atoms with van der Waals surface area (Å²) in [7, 11) is 0. The van der Waals surface area contributed by atoms with Gasteiger partial charge in [-0.2, -0.15) is 0 Å². The molecule has 1 unspecified atom stereocenters. The van der Waals surface area contributed by atoms with E-state index in [1.54, 1.807) is 18.3 Å². The smallest absolute Gasteiger partial charge is 0.211 e. The van der Waals surface area contributed by atoms with Gasteiger partial charge >= 0.3 is 0 Å². The first-order valence-corrected chi connectivity index (χ1v) is 5.70. The van der Waals surface area contributed by atoms with Crippen molar-refractivity contribution in [2.45, 2.75) is 26.4 Å². The van der Waals surface area contributed by atoms with E-state index in [0.717, 1.165) is 5.76 Å². The molecule has 0 radical (unpaired) electrons. The minimum absolute atomic E-state index is 0.110. The summed E-state index contributed by atoms with van der Waals surface area (Å²) in [5, 5.41) is 12.6. The molecule has 1 atom stereocenters. The van der Waals surface area contributed by atoms with Crippen molar-refractivity contribution in [1.82, 2.24) is 10.3 Å². The van der Waals surface area contributed by atoms with Crippen molar-refractivity contribution >= 4 is 0 Å². The van der Waals surface area contributed by atoms with Gasteiger partial charge in [0.05, 0.1) is 12.2 Å². The highest BCUT2D eigenvalue weighted by atomic mass is 19.1. The predicted molar refractivity (Wildman–Crippen MR) is 64.6 cm³/mol. The molecule has 0 spiro atoms. The van der Waals surface area contributed by atoms with E-state index in [1.165, 1.54) is 6.07 Å². The molecule has 5 heteroatoms. The highest BCUT2D eigenvalue weighted by Crippen LogP contribution is 2.21. The van der Waals surface area contributed by atoms with Gasteiger partial charge in [-0.15, -0.1) is 0 Å². The van der Waals surface area contributed by atoms with Crippen molar-refractivity contribution in [2.24, 2.45) is 0 Å². The molecular formula is C13H15FN2O2. The van der Waals surface area contributed by atoms with Gasteiger partial charge in [0.2, 0.25) is 5.89 Å². The highest BCUT2D eigenvalue weighted by Gasteiger charge is 2.12. The molecule has 4 nitrogen and oxygen atoms in total. The molecule has 18 heavy (non-hydrogen) atoms. The molecule has 0 bridgehead atoms. The molecule has 0 amide bonds. The summed E-state index contributed by atoms with van der Waals surface area (Å²) in [6.07, 6.45) is 1.65. The number of aryl methyl sites for hydroxylation is 1. The van der Waals surface area contributed by atoms with Crippen molar-refractivity contribution in [3.05, 3.63) is 47.4 Å². The van der Waals surface area contributed by atoms with Crippen molar-refractivity contribution in [1.29, 1.82) is 0 Å². The number of nitrogens with one attached hydrogen (secondary N) is 1. The van der Waals surface area contributed by atoms with E-state index in [9.17, 15) is 9.50 Å². The first kappa shape index (κ1) is 12.6. The highest BCUT2D eigenvalue weighted by molar-refractivity contribution is 5.33. The van der Waals surface area contributed by atoms with Gasteiger partial charge in [-0.25, -0.2) is 9.37 Å². The van der Waals surface area contributed by atoms with Gasteiger partial charge in [0.1, 0.15) is 5.76 Å². The lowest BCUT2D eigenvalue weighted by Gasteiger charge is -2.11. The largest absolute Gasteiger partial charge is 0.505 e. The Balaban J connectivity index is 2.01. The van der Waals surface area contributed by atoms with Crippen LogP contribution in [0.3, 0.4) is 0 Å². The fourth-order valence-corrected chi connectivity index (χ4v) is 1.63. The second-order valence-electron chi connectivity index (χ2n) is 4.16. The number of halogens is 1. The van der Waals surface area contributed by atoms with Crippen LogP contribution in [-0.2, 0) is 6.54 Å². The maximum atomic E-state index is 13.1. The Morgan fingerprint density at radius 1 is 1.50 bits per heavy atom. The molecule has 0 saturated carbocycles. The molecule has 0 aliphatic heterocycles. The first-order chi connectivity index (χ1) is 8.58. The van der Waals surface area contributed by atoms with Gasteiger partial charge in [0.15, 0.2) is 11.6 Å². The molecular weight excluding hydrogens is 235 g/mol. The molecule has 1 aromatic carbocycles. The lowest BCUT2D eigenvalue weighted by molar-refractivity contribution is 0.392. The van der Waals surface area contributed by atoms with E-state index in [0.29, 0.717) is 18.0 Å². The number of para-hydroxylation sites is 1. The number of aromatic nitrogens is 1. The van der Waals surface area contributed by atoms with Crippen LogP contribution in [0.4, 0.5) is 4.39 Å². The third-order valence-electron chi connectivity index (χ3n) is 2.68. The Labute approximate surface area is 104 Å². The zero-order valence-corrected chi connectivity index (χ0v) is 10.3. The lowest BCUT2D eigenvalue weighted by atomic mass is 10.2. The quantitative estimate of drug-likeness (QED) is 0.875. The third-order valence-corrected chi connectivity index (χ3v) is 2.68. The fourth-order valence-electron chi connectivity index (χ4n) is 1.63. The normalized spacial score (nSPS) is 12.6. The van der Waals surface area contributed by atoms with Crippen LogP contribution in [0.1, 0.15) is 30.2 Å². The van der Waals surface area contributed by atoms with Crippen LogP contribution < -0.4 is 5.32 Å². The van der Waals surface area contributed by atoms with Crippen LogP contribution >= 0.6 is 0 Å². The molecule has 0 saturated heterocycles. The van der Waals surface area contributed by atoms with Crippen molar-refractivity contribution < 1.29 is 13.9 Å². The third kappa shape index (κ3) is 2.68. The molecule has 1 aromatic heterocycles. The molecule has 0 fully saturated rings. The summed E-state index contributed by atoms with van der Waals surface area (Å²) in [4.78, 5) is 4.10. The average Bonchev–Trinajstić information content (AvgIpc) is 2.77. The van der Waals surface area contributed by atoms with E-state index in [4.69, 9.17) is 4.42 Å². The van der Waals surface area contributed by atoms with Crippen molar-refractivity contribution in [2.75, 3.05) is 0 Å². The van der Waals surface area contributed by atoms with Crippen LogP contribution in [-0.4, -0.2) is 10.1 Å². The van der Waals surface area contributed by atoms with Gasteiger partial charge in [-0.1, -0.05) is 12.1 Å². The van der Waals surface area contributed by atoms with E-state index in [-0.39, 0.29) is 11.8 Å². The maximum absolute atomic E-state index is 13.1. The number of nitrogens with zero attached hydrogens (tertiary/aromatic N) is 1. The molecule has 0 aliphatic carbocycles. The molecule has 96 valence electrons. The molecule has 2 N–H and O–H groups in total. The van der Waals surface area contributed by atoms with Gasteiger partial charge < -0.3 is 14.8 Å². The van der Waals surface area contributed by atoms with Gasteiger partial charge in [0.25, 0.3) is 0 Å². The van der Waals surface area contributed by atoms with Crippen LogP contribution in [0.2, 0.25) is 0 Å². The van der Waals surface area contributed by atoms with Gasteiger partial charge in [-0.05, 0) is 19.9 Å². The second-order valence-corrected chi connectivity index (χ2v) is 4.16. The minimum Gasteiger partial charge on any atom is -0.505 e. The second kappa shape index (κ2) is 5.18. The Kier molecular flexibility index (Phi) is 3.62. The summed E-state index contributed by atoms with van der Waals surface area (Å²) in [5.74, 6) is 0.380. The maximum Gasteiger partial charge on any atom is 0.211 e. The van der Waals surface area contributed by atoms with Crippen LogP contribution in [0.15, 0.2) is 28.8 Å². The fraction of sp³-hybridized carbons (Fsp3) is 0.308. The summed E-state index contributed by atoms with van der Waals surface area (Å²) in [6, 6.07) is 4.34. The number of aromatic hydroxyl groups is 1. The standard InChI is InChI=1S/C13H15FN2O2/c1-8-6-16-13(18-8)9(2)15-7-10-4-3-5-11(14)12(10)17/h3-6,9,15,17H,7H2,1-2H3. The van der Waals surface area contributed by atoms with Crippen LogP contribution in [0.5, 0.6) is 5.75 Å². The number of benzene rings is 1. The van der Waals surface area contributed by atoms with Crippen LogP contribution in [0.25, 0.3) is 0 Å². The average molecular weight is 250 g/mol. The molecule has 2 rings (SSSR count). The summed E-state index contributed by atoms with van der Waals surface area (Å²) in [6.45, 7) is 4.05. The minimum atomic E-state index is -0.617. The predicted octanol–water partition coefficient (Wildman–Crippen LogP) is 2.68. The van der Waals surface area contributed by atoms with Crippen molar-refractivity contribution in [3.63, 3.8) is 0 Å². The van der Waals surface area contributed by atoms with E-state index >= 15 is 0 Å². The van der Waals surface area contributed by atoms with Crippen molar-refractivity contribution in [3.8, 4) is 5.75 Å². The first-order valence-electron chi connectivity index (χ1n) is 5.70. The number of rotatable bonds is 4. The molecule has 0 aliphatic rings. The zero-order chi connectivity index (χ0) is 13.1. The zero-order valence-electron chi connectivity index (χ0n) is 10.3. The number of hydrogen-bond acceptors (Lipinski definition) is 4.